The third-order valence-electron chi connectivity index (χ3n) is 5.71. The van der Waals surface area contributed by atoms with Crippen molar-refractivity contribution in [2.75, 3.05) is 30.1 Å². The molecule has 186 valence electrons. The number of benzene rings is 2. The van der Waals surface area contributed by atoms with Gasteiger partial charge in [0.15, 0.2) is 5.11 Å². The number of rotatable bonds is 9. The van der Waals surface area contributed by atoms with Gasteiger partial charge in [-0.3, -0.25) is 9.69 Å². The first-order valence-corrected chi connectivity index (χ1v) is 11.4. The molecule has 2 aromatic carbocycles. The largest absolute Gasteiger partial charge is 0.494 e. The van der Waals surface area contributed by atoms with E-state index < -0.39 is 28.7 Å². The zero-order valence-electron chi connectivity index (χ0n) is 19.7. The average Bonchev–Trinajstić information content (AvgIpc) is 2.99. The van der Waals surface area contributed by atoms with E-state index in [9.17, 15) is 18.0 Å². The highest BCUT2D eigenvalue weighted by molar-refractivity contribution is 7.81. The summed E-state index contributed by atoms with van der Waals surface area (Å²) < 4.78 is 51.2. The molecule has 0 bridgehead atoms. The van der Waals surface area contributed by atoms with Gasteiger partial charge in [-0.05, 0) is 87.8 Å². The Labute approximate surface area is 207 Å². The van der Waals surface area contributed by atoms with Crippen molar-refractivity contribution >= 4 is 34.6 Å². The topological polar surface area (TPSA) is 65.8 Å². The fourth-order valence-corrected chi connectivity index (χ4v) is 4.39. The van der Waals surface area contributed by atoms with Gasteiger partial charge in [-0.1, -0.05) is 0 Å². The highest BCUT2D eigenvalue weighted by Crippen LogP contribution is 2.39. The molecule has 0 spiro atoms. The van der Waals surface area contributed by atoms with E-state index >= 15 is 0 Å². The highest BCUT2D eigenvalue weighted by atomic mass is 32.1. The van der Waals surface area contributed by atoms with Crippen LogP contribution in [-0.2, 0) is 15.7 Å². The number of thiocarbonyl (C=S) groups is 1. The molecular weight excluding hydrogens is 479 g/mol. The Morgan fingerprint density at radius 3 is 2.26 bits per heavy atom. The number of carbonyl (C=O) groups excluding carboxylic acids is 1. The standard InChI is InChI=1S/C25H26F3N3O3S/c1-24(2)22(32)30(19-8-7-17(16-29)21(15-19)25(26,27)28)23(35)31(24)18-9-11-20(12-10-18)34-14-6-4-5-13-33-3/h7-12,15H,4-6,13-14H2,1-3H3. The lowest BCUT2D eigenvalue weighted by atomic mass is 10.0. The van der Waals surface area contributed by atoms with Crippen LogP contribution in [0.2, 0.25) is 0 Å². The van der Waals surface area contributed by atoms with E-state index in [2.05, 4.69) is 0 Å². The molecule has 35 heavy (non-hydrogen) atoms. The van der Waals surface area contributed by atoms with Crippen molar-refractivity contribution in [3.63, 3.8) is 0 Å². The quantitative estimate of drug-likeness (QED) is 0.322. The van der Waals surface area contributed by atoms with Gasteiger partial charge < -0.3 is 14.4 Å². The molecule has 0 unspecified atom stereocenters. The number of amides is 1. The molecule has 1 aliphatic heterocycles. The minimum atomic E-state index is -4.75. The highest BCUT2D eigenvalue weighted by Gasteiger charge is 2.50. The normalized spacial score (nSPS) is 15.5. The second kappa shape index (κ2) is 10.6. The number of carbonyl (C=O) groups is 1. The molecule has 1 saturated heterocycles. The number of nitrogens with zero attached hydrogens (tertiary/aromatic N) is 3. The molecule has 0 atom stereocenters. The molecule has 6 nitrogen and oxygen atoms in total. The Balaban J connectivity index is 1.81. The van der Waals surface area contributed by atoms with E-state index in [1.54, 1.807) is 56.2 Å². The fraction of sp³-hybridized carbons (Fsp3) is 0.400. The number of hydrogen-bond acceptors (Lipinski definition) is 5. The van der Waals surface area contributed by atoms with Crippen molar-refractivity contribution in [2.45, 2.75) is 44.8 Å². The number of methoxy groups -OCH3 is 1. The van der Waals surface area contributed by atoms with Crippen molar-refractivity contribution in [3.05, 3.63) is 53.6 Å². The molecule has 0 N–H and O–H groups in total. The predicted octanol–water partition coefficient (Wildman–Crippen LogP) is 5.69. The van der Waals surface area contributed by atoms with E-state index in [-0.39, 0.29) is 10.8 Å². The summed E-state index contributed by atoms with van der Waals surface area (Å²) in [7, 11) is 1.67. The Hall–Kier alpha value is -3.16. The molecule has 1 heterocycles. The first kappa shape index (κ1) is 26.4. The van der Waals surface area contributed by atoms with E-state index in [0.717, 1.165) is 42.9 Å². The van der Waals surface area contributed by atoms with Gasteiger partial charge in [0.2, 0.25) is 0 Å². The summed E-state index contributed by atoms with van der Waals surface area (Å²) in [6.07, 6.45) is -1.90. The van der Waals surface area contributed by atoms with Gasteiger partial charge >= 0.3 is 6.18 Å². The number of nitriles is 1. The van der Waals surface area contributed by atoms with Crippen molar-refractivity contribution < 1.29 is 27.4 Å². The van der Waals surface area contributed by atoms with E-state index in [4.69, 9.17) is 27.0 Å². The van der Waals surface area contributed by atoms with E-state index in [1.165, 1.54) is 6.07 Å². The van der Waals surface area contributed by atoms with Gasteiger partial charge in [-0.2, -0.15) is 18.4 Å². The maximum absolute atomic E-state index is 13.5. The maximum atomic E-state index is 13.5. The predicted molar refractivity (Wildman–Crippen MR) is 130 cm³/mol. The van der Waals surface area contributed by atoms with Crippen LogP contribution in [0.25, 0.3) is 0 Å². The van der Waals surface area contributed by atoms with Crippen LogP contribution in [0.15, 0.2) is 42.5 Å². The van der Waals surface area contributed by atoms with Crippen LogP contribution in [0.1, 0.15) is 44.2 Å². The molecule has 0 saturated carbocycles. The Kier molecular flexibility index (Phi) is 8.03. The lowest BCUT2D eigenvalue weighted by Gasteiger charge is -2.29. The third-order valence-corrected chi connectivity index (χ3v) is 6.08. The molecule has 1 amide bonds. The first-order chi connectivity index (χ1) is 16.5. The molecule has 10 heteroatoms. The minimum Gasteiger partial charge on any atom is -0.494 e. The fourth-order valence-electron chi connectivity index (χ4n) is 3.87. The number of halogens is 3. The van der Waals surface area contributed by atoms with E-state index in [0.29, 0.717) is 18.0 Å². The van der Waals surface area contributed by atoms with Crippen LogP contribution in [-0.4, -0.2) is 36.9 Å². The number of alkyl halides is 3. The van der Waals surface area contributed by atoms with E-state index in [1.807, 2.05) is 0 Å². The summed E-state index contributed by atoms with van der Waals surface area (Å²) in [5.74, 6) is 0.185. The lowest BCUT2D eigenvalue weighted by molar-refractivity contribution is -0.137. The monoisotopic (exact) mass is 505 g/mol. The molecule has 0 radical (unpaired) electrons. The maximum Gasteiger partial charge on any atom is 0.417 e. The van der Waals surface area contributed by atoms with Crippen molar-refractivity contribution in [3.8, 4) is 11.8 Å². The zero-order chi connectivity index (χ0) is 25.8. The van der Waals surface area contributed by atoms with Crippen LogP contribution in [0.3, 0.4) is 0 Å². The Morgan fingerprint density at radius 1 is 1.03 bits per heavy atom. The molecule has 1 aliphatic rings. The molecule has 3 rings (SSSR count). The summed E-state index contributed by atoms with van der Waals surface area (Å²) in [6, 6.07) is 11.7. The number of anilines is 2. The van der Waals surface area contributed by atoms with Gasteiger partial charge in [-0.15, -0.1) is 0 Å². The second-order valence-electron chi connectivity index (χ2n) is 8.55. The van der Waals surface area contributed by atoms with Crippen molar-refractivity contribution in [2.24, 2.45) is 0 Å². The van der Waals surface area contributed by atoms with Gasteiger partial charge in [0.25, 0.3) is 5.91 Å². The van der Waals surface area contributed by atoms with Gasteiger partial charge in [0.05, 0.1) is 29.5 Å². The SMILES string of the molecule is COCCCCCOc1ccc(N2C(=S)N(c3ccc(C#N)c(C(F)(F)F)c3)C(=O)C2(C)C)cc1. The number of ether oxygens (including phenoxy) is 2. The minimum absolute atomic E-state index is 0.0460. The van der Waals surface area contributed by atoms with Crippen LogP contribution >= 0.6 is 12.2 Å². The summed E-state index contributed by atoms with van der Waals surface area (Å²) >= 11 is 5.55. The van der Waals surface area contributed by atoms with Gasteiger partial charge in [0.1, 0.15) is 11.3 Å². The van der Waals surface area contributed by atoms with Crippen LogP contribution in [0.4, 0.5) is 24.5 Å². The Bertz CT molecular complexity index is 1130. The average molecular weight is 506 g/mol. The molecule has 2 aromatic rings. The summed E-state index contributed by atoms with van der Waals surface area (Å²) in [5, 5.41) is 9.11. The second-order valence-corrected chi connectivity index (χ2v) is 8.92. The van der Waals surface area contributed by atoms with Crippen LogP contribution in [0.5, 0.6) is 5.75 Å². The lowest BCUT2D eigenvalue weighted by Crippen LogP contribution is -2.44. The summed E-state index contributed by atoms with van der Waals surface area (Å²) in [4.78, 5) is 16.0. The smallest absolute Gasteiger partial charge is 0.417 e. The first-order valence-electron chi connectivity index (χ1n) is 11.0. The molecular formula is C25H26F3N3O3S. The van der Waals surface area contributed by atoms with Crippen molar-refractivity contribution in [1.82, 2.24) is 0 Å². The summed E-state index contributed by atoms with van der Waals surface area (Å²) in [5.41, 5.74) is -2.23. The Morgan fingerprint density at radius 2 is 1.66 bits per heavy atom. The summed E-state index contributed by atoms with van der Waals surface area (Å²) in [6.45, 7) is 4.58. The zero-order valence-corrected chi connectivity index (χ0v) is 20.5. The van der Waals surface area contributed by atoms with Crippen LogP contribution in [0, 0.1) is 11.3 Å². The molecule has 1 fully saturated rings. The number of unbranched alkanes of at least 4 members (excludes halogenated alkanes) is 2. The van der Waals surface area contributed by atoms with Crippen molar-refractivity contribution in [1.29, 1.82) is 5.26 Å². The van der Waals surface area contributed by atoms with Gasteiger partial charge in [0, 0.05) is 19.4 Å². The third kappa shape index (κ3) is 5.57. The molecule has 0 aliphatic carbocycles. The molecule has 0 aromatic heterocycles. The van der Waals surface area contributed by atoms with Gasteiger partial charge in [-0.25, -0.2) is 0 Å². The number of hydrogen-bond donors (Lipinski definition) is 0. The van der Waals surface area contributed by atoms with Crippen LogP contribution < -0.4 is 14.5 Å².